The molecule has 37 heavy (non-hydrogen) atoms. The summed E-state index contributed by atoms with van der Waals surface area (Å²) in [5.74, 6) is 0. The van der Waals surface area contributed by atoms with Crippen molar-refractivity contribution in [2.75, 3.05) is 79.0 Å². The van der Waals surface area contributed by atoms with Crippen molar-refractivity contribution < 1.29 is 57.1 Å². The molecule has 4 N–H and O–H groups in total. The summed E-state index contributed by atoms with van der Waals surface area (Å²) in [6.45, 7) is 2.29. The van der Waals surface area contributed by atoms with E-state index in [1.807, 2.05) is 0 Å². The first-order valence-electron chi connectivity index (χ1n) is 12.0. The molecule has 4 amide bonds. The zero-order valence-corrected chi connectivity index (χ0v) is 20.2. The molecule has 16 nitrogen and oxygen atoms in total. The Hall–Kier alpha value is -3.08. The van der Waals surface area contributed by atoms with Crippen LogP contribution >= 0.6 is 0 Å². The summed E-state index contributed by atoms with van der Waals surface area (Å²) >= 11 is 0. The first-order valence-corrected chi connectivity index (χ1v) is 12.0. The first-order chi connectivity index (χ1) is 17.9. The van der Waals surface area contributed by atoms with Crippen molar-refractivity contribution in [3.8, 4) is 0 Å². The van der Waals surface area contributed by atoms with E-state index in [2.05, 4.69) is 21.3 Å². The summed E-state index contributed by atoms with van der Waals surface area (Å²) in [5.41, 5.74) is -0.849. The molecule has 4 atom stereocenters. The quantitative estimate of drug-likeness (QED) is 0.168. The third-order valence-corrected chi connectivity index (χ3v) is 5.84. The van der Waals surface area contributed by atoms with Crippen molar-refractivity contribution in [1.82, 2.24) is 21.3 Å². The number of amides is 4. The molecule has 16 heteroatoms. The molecule has 0 radical (unpaired) electrons. The summed E-state index contributed by atoms with van der Waals surface area (Å²) in [6.07, 6.45) is -3.78. The predicted molar refractivity (Wildman–Crippen MR) is 119 cm³/mol. The van der Waals surface area contributed by atoms with Crippen LogP contribution in [0.5, 0.6) is 0 Å². The van der Waals surface area contributed by atoms with Crippen LogP contribution in [-0.4, -0.2) is 128 Å². The van der Waals surface area contributed by atoms with E-state index in [0.29, 0.717) is 26.2 Å². The number of rotatable bonds is 16. The number of alkyl carbamates (subject to hydrolysis) is 4. The van der Waals surface area contributed by atoms with Crippen molar-refractivity contribution in [3.05, 3.63) is 0 Å². The van der Waals surface area contributed by atoms with Crippen molar-refractivity contribution in [2.45, 2.75) is 24.4 Å². The van der Waals surface area contributed by atoms with Gasteiger partial charge in [0.15, 0.2) is 0 Å². The number of nitrogens with one attached hydrogen (secondary N) is 4. The van der Waals surface area contributed by atoms with Gasteiger partial charge in [-0.05, 0) is 0 Å². The number of hydrogen-bond acceptors (Lipinski definition) is 12. The van der Waals surface area contributed by atoms with Crippen LogP contribution < -0.4 is 21.3 Å². The normalized spacial score (nSPS) is 28.3. The zero-order chi connectivity index (χ0) is 26.1. The molecule has 0 aromatic heterocycles. The number of cyclic esters (lactones) is 4. The lowest BCUT2D eigenvalue weighted by Crippen LogP contribution is -2.44. The highest BCUT2D eigenvalue weighted by Crippen LogP contribution is 2.23. The molecule has 0 aromatic rings. The van der Waals surface area contributed by atoms with E-state index < -0.39 is 54.2 Å². The minimum atomic E-state index is -0.849. The molecule has 0 spiro atoms. The summed E-state index contributed by atoms with van der Waals surface area (Å²) in [5, 5.41) is 10.3. The van der Waals surface area contributed by atoms with Crippen LogP contribution in [-0.2, 0) is 37.9 Å². The maximum atomic E-state index is 11.3. The lowest BCUT2D eigenvalue weighted by molar-refractivity contribution is -0.126. The topological polar surface area (TPSA) is 190 Å². The Labute approximate surface area is 212 Å². The van der Waals surface area contributed by atoms with Crippen LogP contribution in [0.3, 0.4) is 0 Å². The van der Waals surface area contributed by atoms with Crippen molar-refractivity contribution in [2.24, 2.45) is 5.41 Å². The second-order valence-corrected chi connectivity index (χ2v) is 9.19. The van der Waals surface area contributed by atoms with Crippen LogP contribution in [0.25, 0.3) is 0 Å². The molecule has 0 bridgehead atoms. The third-order valence-electron chi connectivity index (χ3n) is 5.84. The molecule has 4 aliphatic heterocycles. The van der Waals surface area contributed by atoms with E-state index in [0.717, 1.165) is 0 Å². The van der Waals surface area contributed by atoms with Gasteiger partial charge in [-0.1, -0.05) is 0 Å². The first kappa shape index (κ1) is 27.0. The number of carbonyl (C=O) groups is 4. The Morgan fingerprint density at radius 1 is 0.514 bits per heavy atom. The highest BCUT2D eigenvalue weighted by atomic mass is 16.6. The van der Waals surface area contributed by atoms with Crippen molar-refractivity contribution in [1.29, 1.82) is 0 Å². The number of carbonyl (C=O) groups excluding carboxylic acids is 4. The Balaban J connectivity index is 1.35. The van der Waals surface area contributed by atoms with Gasteiger partial charge in [0.25, 0.3) is 0 Å². The van der Waals surface area contributed by atoms with Crippen molar-refractivity contribution >= 4 is 24.4 Å². The summed E-state index contributed by atoms with van der Waals surface area (Å²) in [4.78, 5) is 45.3. The predicted octanol–water partition coefficient (Wildman–Crippen LogP) is -1.53. The van der Waals surface area contributed by atoms with Gasteiger partial charge in [-0.25, -0.2) is 19.2 Å². The van der Waals surface area contributed by atoms with Gasteiger partial charge < -0.3 is 59.2 Å². The molecule has 4 saturated heterocycles. The molecule has 0 saturated carbocycles. The van der Waals surface area contributed by atoms with Crippen LogP contribution in [0.15, 0.2) is 0 Å². The minimum Gasteiger partial charge on any atom is -0.442 e. The number of hydrogen-bond donors (Lipinski definition) is 4. The second kappa shape index (κ2) is 12.9. The highest BCUT2D eigenvalue weighted by molar-refractivity contribution is 5.70. The third kappa shape index (κ3) is 8.48. The SMILES string of the molecule is O=C1NCC(COCC(COCC2CNC(=O)O2)(COCC2CNC(=O)O2)COCC2CNC(=O)O2)O1. The van der Waals surface area contributed by atoms with Crippen molar-refractivity contribution in [3.63, 3.8) is 0 Å². The lowest BCUT2D eigenvalue weighted by atomic mass is 9.92. The Bertz CT molecular complexity index is 696. The van der Waals surface area contributed by atoms with Crippen LogP contribution in [0, 0.1) is 5.41 Å². The molecule has 4 unspecified atom stereocenters. The average Bonchev–Trinajstić information content (AvgIpc) is 3.65. The average molecular weight is 533 g/mol. The Morgan fingerprint density at radius 2 is 0.757 bits per heavy atom. The molecule has 0 aliphatic carbocycles. The van der Waals surface area contributed by atoms with Crippen LogP contribution in [0.4, 0.5) is 19.2 Å². The zero-order valence-electron chi connectivity index (χ0n) is 20.2. The van der Waals surface area contributed by atoms with E-state index in [1.54, 1.807) is 0 Å². The fourth-order valence-corrected chi connectivity index (χ4v) is 3.98. The molecule has 4 heterocycles. The summed E-state index contributed by atoms with van der Waals surface area (Å²) in [7, 11) is 0. The summed E-state index contributed by atoms with van der Waals surface area (Å²) < 4.78 is 44.1. The standard InChI is InChI=1S/C21H32N4O12/c26-17-22-1-13(34-17)5-30-9-21(10-31-6-14-2-23-18(27)35-14,11-32-7-15-3-24-19(28)36-15)12-33-8-16-4-25-20(29)37-16/h13-16H,1-12H2,(H,22,26)(H,23,27)(H,24,28)(H,25,29). The number of ether oxygens (including phenoxy) is 8. The molecule has 0 aromatic carbocycles. The Morgan fingerprint density at radius 3 is 0.946 bits per heavy atom. The van der Waals surface area contributed by atoms with Gasteiger partial charge in [0.1, 0.15) is 24.4 Å². The van der Waals surface area contributed by atoms with Gasteiger partial charge in [-0.15, -0.1) is 0 Å². The van der Waals surface area contributed by atoms with Gasteiger partial charge in [-0.2, -0.15) is 0 Å². The highest BCUT2D eigenvalue weighted by Gasteiger charge is 2.36. The maximum absolute atomic E-state index is 11.3. The Kier molecular flexibility index (Phi) is 9.43. The van der Waals surface area contributed by atoms with Crippen LogP contribution in [0.2, 0.25) is 0 Å². The van der Waals surface area contributed by atoms with E-state index >= 15 is 0 Å². The van der Waals surface area contributed by atoms with Gasteiger partial charge in [0, 0.05) is 0 Å². The molecular weight excluding hydrogens is 500 g/mol. The monoisotopic (exact) mass is 532 g/mol. The molecule has 4 fully saturated rings. The fourth-order valence-electron chi connectivity index (χ4n) is 3.98. The van der Waals surface area contributed by atoms with Gasteiger partial charge in [0.05, 0.1) is 84.4 Å². The molecule has 4 rings (SSSR count). The minimum absolute atomic E-state index is 0.106. The second-order valence-electron chi connectivity index (χ2n) is 9.19. The van der Waals surface area contributed by atoms with Crippen LogP contribution in [0.1, 0.15) is 0 Å². The summed E-state index contributed by atoms with van der Waals surface area (Å²) in [6, 6.07) is 0. The lowest BCUT2D eigenvalue weighted by Gasteiger charge is -2.34. The van der Waals surface area contributed by atoms with Gasteiger partial charge in [0.2, 0.25) is 0 Å². The molecular formula is C21H32N4O12. The van der Waals surface area contributed by atoms with E-state index in [1.165, 1.54) is 0 Å². The van der Waals surface area contributed by atoms with E-state index in [-0.39, 0.29) is 52.9 Å². The smallest absolute Gasteiger partial charge is 0.407 e. The van der Waals surface area contributed by atoms with Gasteiger partial charge in [-0.3, -0.25) is 0 Å². The van der Waals surface area contributed by atoms with E-state index in [4.69, 9.17) is 37.9 Å². The maximum Gasteiger partial charge on any atom is 0.407 e. The fraction of sp³-hybridized carbons (Fsp3) is 0.810. The molecule has 4 aliphatic rings. The van der Waals surface area contributed by atoms with E-state index in [9.17, 15) is 19.2 Å². The van der Waals surface area contributed by atoms with Gasteiger partial charge >= 0.3 is 24.4 Å². The largest absolute Gasteiger partial charge is 0.442 e. The molecule has 208 valence electrons.